The lowest BCUT2D eigenvalue weighted by molar-refractivity contribution is 0.366. The maximum Gasteiger partial charge on any atom is 0.263 e. The SMILES string of the molecule is COc1ccccc1CCN(C)c1nc2c(cnn2C(C)(C)C)c(=O)[nH]1. The van der Waals surface area contributed by atoms with Crippen molar-refractivity contribution in [1.82, 2.24) is 19.7 Å². The summed E-state index contributed by atoms with van der Waals surface area (Å²) in [6.45, 7) is 6.80. The van der Waals surface area contributed by atoms with Crippen LogP contribution in [0.1, 0.15) is 26.3 Å². The minimum absolute atomic E-state index is 0.176. The number of anilines is 1. The Morgan fingerprint density at radius 2 is 2.00 bits per heavy atom. The van der Waals surface area contributed by atoms with Gasteiger partial charge >= 0.3 is 0 Å². The average Bonchev–Trinajstić information content (AvgIpc) is 3.04. The first-order valence-corrected chi connectivity index (χ1v) is 8.63. The highest BCUT2D eigenvalue weighted by Gasteiger charge is 2.20. The molecule has 0 aliphatic heterocycles. The first kappa shape index (κ1) is 18.0. The standard InChI is InChI=1S/C19H25N5O2/c1-19(2,3)24-16-14(12-20-24)17(25)22-18(21-16)23(4)11-10-13-8-6-7-9-15(13)26-5/h6-9,12H,10-11H2,1-5H3,(H,21,22,25). The van der Waals surface area contributed by atoms with E-state index in [9.17, 15) is 4.79 Å². The molecule has 7 heteroatoms. The van der Waals surface area contributed by atoms with Gasteiger partial charge in [-0.15, -0.1) is 0 Å². The second-order valence-corrected chi connectivity index (χ2v) is 7.34. The van der Waals surface area contributed by atoms with Gasteiger partial charge in [-0.25, -0.2) is 4.68 Å². The fraction of sp³-hybridized carbons (Fsp3) is 0.421. The lowest BCUT2D eigenvalue weighted by Gasteiger charge is -2.21. The van der Waals surface area contributed by atoms with Crippen LogP contribution < -0.4 is 15.2 Å². The van der Waals surface area contributed by atoms with E-state index in [1.54, 1.807) is 18.0 Å². The van der Waals surface area contributed by atoms with E-state index >= 15 is 0 Å². The van der Waals surface area contributed by atoms with Crippen LogP contribution in [-0.2, 0) is 12.0 Å². The maximum absolute atomic E-state index is 12.4. The number of hydrogen-bond acceptors (Lipinski definition) is 5. The Morgan fingerprint density at radius 3 is 2.69 bits per heavy atom. The Morgan fingerprint density at radius 1 is 1.27 bits per heavy atom. The number of nitrogens with zero attached hydrogens (tertiary/aromatic N) is 4. The van der Waals surface area contributed by atoms with Crippen molar-refractivity contribution in [2.24, 2.45) is 0 Å². The Labute approximate surface area is 152 Å². The van der Waals surface area contributed by atoms with Crippen molar-refractivity contribution in [3.63, 3.8) is 0 Å². The number of rotatable bonds is 5. The number of H-pyrrole nitrogens is 1. The van der Waals surface area contributed by atoms with Crippen molar-refractivity contribution in [1.29, 1.82) is 0 Å². The zero-order valence-electron chi connectivity index (χ0n) is 15.9. The third-order valence-corrected chi connectivity index (χ3v) is 4.33. The monoisotopic (exact) mass is 355 g/mol. The van der Waals surface area contributed by atoms with E-state index in [0.717, 1.165) is 17.7 Å². The molecule has 0 spiro atoms. The zero-order chi connectivity index (χ0) is 18.9. The van der Waals surface area contributed by atoms with E-state index in [2.05, 4.69) is 15.1 Å². The molecule has 0 amide bonds. The van der Waals surface area contributed by atoms with E-state index in [1.165, 1.54) is 0 Å². The van der Waals surface area contributed by atoms with Gasteiger partial charge < -0.3 is 9.64 Å². The predicted octanol–water partition coefficient (Wildman–Crippen LogP) is 2.56. The molecule has 2 aromatic heterocycles. The van der Waals surface area contributed by atoms with Crippen molar-refractivity contribution >= 4 is 17.0 Å². The minimum Gasteiger partial charge on any atom is -0.496 e. The lowest BCUT2D eigenvalue weighted by Crippen LogP contribution is -2.27. The number of para-hydroxylation sites is 1. The zero-order valence-corrected chi connectivity index (χ0v) is 15.9. The van der Waals surface area contributed by atoms with Gasteiger partial charge in [0, 0.05) is 13.6 Å². The molecule has 1 aromatic carbocycles. The molecule has 1 N–H and O–H groups in total. The van der Waals surface area contributed by atoms with Crippen LogP contribution in [0.3, 0.4) is 0 Å². The third-order valence-electron chi connectivity index (χ3n) is 4.33. The van der Waals surface area contributed by atoms with E-state index in [0.29, 0.717) is 23.5 Å². The van der Waals surface area contributed by atoms with Crippen LogP contribution in [0, 0.1) is 0 Å². The van der Waals surface area contributed by atoms with Gasteiger partial charge in [0.25, 0.3) is 5.56 Å². The minimum atomic E-state index is -0.254. The molecule has 2 heterocycles. The Balaban J connectivity index is 1.88. The van der Waals surface area contributed by atoms with Crippen molar-refractivity contribution in [2.75, 3.05) is 25.6 Å². The number of benzene rings is 1. The van der Waals surface area contributed by atoms with Crippen molar-refractivity contribution in [2.45, 2.75) is 32.7 Å². The van der Waals surface area contributed by atoms with Crippen LogP contribution in [0.4, 0.5) is 5.95 Å². The number of nitrogens with one attached hydrogen (secondary N) is 1. The van der Waals surface area contributed by atoms with Crippen LogP contribution in [0.2, 0.25) is 0 Å². The molecule has 0 atom stereocenters. The fourth-order valence-electron chi connectivity index (χ4n) is 2.88. The lowest BCUT2D eigenvalue weighted by atomic mass is 10.1. The van der Waals surface area contributed by atoms with Crippen molar-refractivity contribution in [3.05, 3.63) is 46.4 Å². The molecule has 0 saturated heterocycles. The maximum atomic E-state index is 12.4. The second kappa shape index (κ2) is 6.82. The highest BCUT2D eigenvalue weighted by atomic mass is 16.5. The van der Waals surface area contributed by atoms with Gasteiger partial charge in [-0.3, -0.25) is 9.78 Å². The average molecular weight is 355 g/mol. The fourth-order valence-corrected chi connectivity index (χ4v) is 2.88. The molecule has 0 saturated carbocycles. The van der Waals surface area contributed by atoms with Crippen LogP contribution in [-0.4, -0.2) is 40.5 Å². The van der Waals surface area contributed by atoms with E-state index in [1.807, 2.05) is 57.0 Å². The smallest absolute Gasteiger partial charge is 0.263 e. The van der Waals surface area contributed by atoms with Gasteiger partial charge in [0.15, 0.2) is 5.65 Å². The summed E-state index contributed by atoms with van der Waals surface area (Å²) in [5, 5.41) is 4.84. The number of likely N-dealkylation sites (N-methyl/N-ethyl adjacent to an activating group) is 1. The summed E-state index contributed by atoms with van der Waals surface area (Å²) in [6, 6.07) is 7.93. The van der Waals surface area contributed by atoms with Crippen LogP contribution in [0.25, 0.3) is 11.0 Å². The molecule has 0 bridgehead atoms. The first-order valence-electron chi connectivity index (χ1n) is 8.63. The molecule has 138 valence electrons. The number of aromatic nitrogens is 4. The van der Waals surface area contributed by atoms with Crippen LogP contribution >= 0.6 is 0 Å². The summed E-state index contributed by atoms with van der Waals surface area (Å²) < 4.78 is 7.19. The van der Waals surface area contributed by atoms with Gasteiger partial charge in [-0.1, -0.05) is 18.2 Å². The Kier molecular flexibility index (Phi) is 4.71. The largest absolute Gasteiger partial charge is 0.496 e. The Hall–Kier alpha value is -2.83. The molecule has 0 aliphatic rings. The number of ether oxygens (including phenoxy) is 1. The highest BCUT2D eigenvalue weighted by Crippen LogP contribution is 2.21. The third kappa shape index (κ3) is 3.42. The van der Waals surface area contributed by atoms with E-state index < -0.39 is 0 Å². The molecule has 7 nitrogen and oxygen atoms in total. The van der Waals surface area contributed by atoms with Crippen molar-refractivity contribution in [3.8, 4) is 5.75 Å². The number of fused-ring (bicyclic) bond motifs is 1. The first-order chi connectivity index (χ1) is 12.3. The molecule has 0 aliphatic carbocycles. The number of aromatic amines is 1. The molecular weight excluding hydrogens is 330 g/mol. The molecule has 26 heavy (non-hydrogen) atoms. The van der Waals surface area contributed by atoms with Gasteiger partial charge in [0.05, 0.1) is 18.8 Å². The van der Waals surface area contributed by atoms with E-state index in [-0.39, 0.29) is 11.1 Å². The quantitative estimate of drug-likeness (QED) is 0.761. The van der Waals surface area contributed by atoms with Gasteiger partial charge in [0.1, 0.15) is 11.1 Å². The molecule has 0 radical (unpaired) electrons. The highest BCUT2D eigenvalue weighted by molar-refractivity contribution is 5.74. The summed E-state index contributed by atoms with van der Waals surface area (Å²) >= 11 is 0. The summed E-state index contributed by atoms with van der Waals surface area (Å²) in [5.74, 6) is 1.40. The topological polar surface area (TPSA) is 76.0 Å². The summed E-state index contributed by atoms with van der Waals surface area (Å²) in [7, 11) is 3.58. The van der Waals surface area contributed by atoms with Crippen molar-refractivity contribution < 1.29 is 4.74 Å². The second-order valence-electron chi connectivity index (χ2n) is 7.34. The predicted molar refractivity (Wildman–Crippen MR) is 103 cm³/mol. The molecule has 3 aromatic rings. The normalized spacial score (nSPS) is 11.7. The molecule has 0 unspecified atom stereocenters. The Bertz CT molecular complexity index is 968. The molecule has 3 rings (SSSR count). The number of methoxy groups -OCH3 is 1. The summed E-state index contributed by atoms with van der Waals surface area (Å²) in [5.41, 5.74) is 1.28. The number of hydrogen-bond donors (Lipinski definition) is 1. The van der Waals surface area contributed by atoms with Crippen LogP contribution in [0.5, 0.6) is 5.75 Å². The van der Waals surface area contributed by atoms with Gasteiger partial charge in [-0.2, -0.15) is 10.1 Å². The van der Waals surface area contributed by atoms with Gasteiger partial charge in [0.2, 0.25) is 5.95 Å². The van der Waals surface area contributed by atoms with E-state index in [4.69, 9.17) is 4.74 Å². The summed E-state index contributed by atoms with van der Waals surface area (Å²) in [4.78, 5) is 21.9. The van der Waals surface area contributed by atoms with Crippen LogP contribution in [0.15, 0.2) is 35.3 Å². The molecular formula is C19H25N5O2. The summed E-state index contributed by atoms with van der Waals surface area (Å²) in [6.07, 6.45) is 2.35. The van der Waals surface area contributed by atoms with Gasteiger partial charge in [-0.05, 0) is 38.8 Å². The molecule has 0 fully saturated rings.